The van der Waals surface area contributed by atoms with E-state index in [1.54, 1.807) is 36.3 Å². The SMILES string of the molecule is O=[N+]([O-])c1ccc(CSc2nnc(-c3cccnc3)n2Cc2ccccc2)cc1. The molecule has 0 fully saturated rings. The molecule has 4 aromatic rings. The lowest BCUT2D eigenvalue weighted by Crippen LogP contribution is -2.04. The molecule has 0 spiro atoms. The van der Waals surface area contributed by atoms with Crippen LogP contribution < -0.4 is 0 Å². The number of thioether (sulfide) groups is 1. The molecule has 2 aromatic carbocycles. The van der Waals surface area contributed by atoms with E-state index in [0.717, 1.165) is 27.7 Å². The molecule has 0 aliphatic carbocycles. The van der Waals surface area contributed by atoms with Crippen LogP contribution in [0.1, 0.15) is 11.1 Å². The molecule has 0 amide bonds. The first kappa shape index (κ1) is 18.8. The first-order chi connectivity index (χ1) is 14.2. The second-order valence-electron chi connectivity index (χ2n) is 6.33. The Bertz CT molecular complexity index is 1100. The fraction of sp³-hybridized carbons (Fsp3) is 0.0952. The van der Waals surface area contributed by atoms with Crippen molar-refractivity contribution in [3.05, 3.63) is 100 Å². The van der Waals surface area contributed by atoms with Crippen molar-refractivity contribution in [1.82, 2.24) is 19.7 Å². The van der Waals surface area contributed by atoms with Gasteiger partial charge >= 0.3 is 0 Å². The van der Waals surface area contributed by atoms with Gasteiger partial charge in [0.15, 0.2) is 11.0 Å². The Labute approximate surface area is 171 Å². The summed E-state index contributed by atoms with van der Waals surface area (Å²) >= 11 is 1.55. The summed E-state index contributed by atoms with van der Waals surface area (Å²) in [4.78, 5) is 14.6. The van der Waals surface area contributed by atoms with E-state index in [1.165, 1.54) is 12.1 Å². The number of pyridine rings is 1. The highest BCUT2D eigenvalue weighted by molar-refractivity contribution is 7.98. The molecule has 29 heavy (non-hydrogen) atoms. The van der Waals surface area contributed by atoms with Crippen LogP contribution in [0.4, 0.5) is 5.69 Å². The minimum Gasteiger partial charge on any atom is -0.297 e. The Morgan fingerprint density at radius 2 is 1.72 bits per heavy atom. The monoisotopic (exact) mass is 403 g/mol. The number of hydrogen-bond donors (Lipinski definition) is 0. The number of nitro groups is 1. The zero-order valence-corrected chi connectivity index (χ0v) is 16.2. The fourth-order valence-electron chi connectivity index (χ4n) is 2.87. The molecular formula is C21H17N5O2S. The van der Waals surface area contributed by atoms with Crippen LogP contribution >= 0.6 is 11.8 Å². The summed E-state index contributed by atoms with van der Waals surface area (Å²) < 4.78 is 2.07. The van der Waals surface area contributed by atoms with E-state index in [2.05, 4.69) is 31.9 Å². The van der Waals surface area contributed by atoms with Gasteiger partial charge in [0.25, 0.3) is 5.69 Å². The molecule has 0 aliphatic heterocycles. The smallest absolute Gasteiger partial charge is 0.269 e. The highest BCUT2D eigenvalue weighted by Gasteiger charge is 2.15. The number of nitro benzene ring substituents is 1. The number of non-ortho nitro benzene ring substituents is 1. The van der Waals surface area contributed by atoms with E-state index in [-0.39, 0.29) is 5.69 Å². The Balaban J connectivity index is 1.60. The van der Waals surface area contributed by atoms with E-state index in [1.807, 2.05) is 30.3 Å². The topological polar surface area (TPSA) is 86.7 Å². The molecule has 0 saturated heterocycles. The molecule has 8 heteroatoms. The van der Waals surface area contributed by atoms with Crippen molar-refractivity contribution in [3.63, 3.8) is 0 Å². The second-order valence-corrected chi connectivity index (χ2v) is 7.27. The molecule has 4 rings (SSSR count). The van der Waals surface area contributed by atoms with Crippen molar-refractivity contribution in [2.24, 2.45) is 0 Å². The van der Waals surface area contributed by atoms with Crippen LogP contribution in [0, 0.1) is 10.1 Å². The minimum absolute atomic E-state index is 0.0878. The van der Waals surface area contributed by atoms with Crippen LogP contribution in [-0.2, 0) is 12.3 Å². The molecular weight excluding hydrogens is 386 g/mol. The van der Waals surface area contributed by atoms with Crippen LogP contribution in [0.5, 0.6) is 0 Å². The van der Waals surface area contributed by atoms with E-state index >= 15 is 0 Å². The molecule has 0 aliphatic rings. The van der Waals surface area contributed by atoms with Gasteiger partial charge in [0.05, 0.1) is 11.5 Å². The quantitative estimate of drug-likeness (QED) is 0.255. The summed E-state index contributed by atoms with van der Waals surface area (Å²) in [6.45, 7) is 0.640. The van der Waals surface area contributed by atoms with Gasteiger partial charge in [-0.25, -0.2) is 0 Å². The molecule has 0 unspecified atom stereocenters. The van der Waals surface area contributed by atoms with Crippen LogP contribution in [0.15, 0.2) is 84.3 Å². The third kappa shape index (κ3) is 4.49. The van der Waals surface area contributed by atoms with Gasteiger partial charge in [0.2, 0.25) is 0 Å². The van der Waals surface area contributed by atoms with Crippen molar-refractivity contribution in [1.29, 1.82) is 0 Å². The van der Waals surface area contributed by atoms with E-state index in [9.17, 15) is 10.1 Å². The second kappa shape index (κ2) is 8.66. The zero-order valence-electron chi connectivity index (χ0n) is 15.4. The first-order valence-electron chi connectivity index (χ1n) is 8.94. The van der Waals surface area contributed by atoms with Crippen LogP contribution in [0.2, 0.25) is 0 Å². The fourth-order valence-corrected chi connectivity index (χ4v) is 3.77. The van der Waals surface area contributed by atoms with Crippen molar-refractivity contribution >= 4 is 17.4 Å². The Morgan fingerprint density at radius 1 is 0.931 bits per heavy atom. The van der Waals surface area contributed by atoms with Gasteiger partial charge in [-0.05, 0) is 23.3 Å². The van der Waals surface area contributed by atoms with E-state index in [4.69, 9.17) is 0 Å². The van der Waals surface area contributed by atoms with Crippen molar-refractivity contribution in [2.45, 2.75) is 17.5 Å². The van der Waals surface area contributed by atoms with Gasteiger partial charge in [0.1, 0.15) is 0 Å². The average Bonchev–Trinajstić information content (AvgIpc) is 3.16. The van der Waals surface area contributed by atoms with Gasteiger partial charge < -0.3 is 0 Å². The highest BCUT2D eigenvalue weighted by atomic mass is 32.2. The molecule has 0 bridgehead atoms. The molecule has 2 heterocycles. The summed E-state index contributed by atoms with van der Waals surface area (Å²) in [7, 11) is 0. The number of rotatable bonds is 7. The lowest BCUT2D eigenvalue weighted by atomic mass is 10.2. The number of aromatic nitrogens is 4. The Kier molecular flexibility index (Phi) is 5.62. The summed E-state index contributed by atoms with van der Waals surface area (Å²) in [5, 5.41) is 20.4. The van der Waals surface area contributed by atoms with Crippen LogP contribution in [0.25, 0.3) is 11.4 Å². The molecule has 7 nitrogen and oxygen atoms in total. The zero-order chi connectivity index (χ0) is 20.1. The number of benzene rings is 2. The molecule has 0 radical (unpaired) electrons. The van der Waals surface area contributed by atoms with Crippen LogP contribution in [0.3, 0.4) is 0 Å². The first-order valence-corrected chi connectivity index (χ1v) is 9.93. The van der Waals surface area contributed by atoms with Gasteiger partial charge in [-0.1, -0.05) is 54.2 Å². The summed E-state index contributed by atoms with van der Waals surface area (Å²) in [5.41, 5.74) is 3.12. The maximum Gasteiger partial charge on any atom is 0.269 e. The standard InChI is InChI=1S/C21H17N5O2S/c27-26(28)19-10-8-17(9-11-19)15-29-21-24-23-20(18-7-4-12-22-13-18)25(21)14-16-5-2-1-3-6-16/h1-13H,14-15H2. The van der Waals surface area contributed by atoms with E-state index in [0.29, 0.717) is 12.3 Å². The van der Waals surface area contributed by atoms with E-state index < -0.39 is 4.92 Å². The molecule has 0 saturated carbocycles. The maximum absolute atomic E-state index is 10.8. The molecule has 144 valence electrons. The van der Waals surface area contributed by atoms with Gasteiger partial charge in [-0.3, -0.25) is 19.7 Å². The third-order valence-electron chi connectivity index (χ3n) is 4.34. The molecule has 0 atom stereocenters. The average molecular weight is 403 g/mol. The predicted molar refractivity (Wildman–Crippen MR) is 111 cm³/mol. The van der Waals surface area contributed by atoms with Crippen molar-refractivity contribution < 1.29 is 4.92 Å². The lowest BCUT2D eigenvalue weighted by Gasteiger charge is -2.10. The normalized spacial score (nSPS) is 10.8. The summed E-state index contributed by atoms with van der Waals surface area (Å²) in [5.74, 6) is 1.39. The Morgan fingerprint density at radius 3 is 2.41 bits per heavy atom. The summed E-state index contributed by atoms with van der Waals surface area (Å²) in [6, 6.07) is 20.6. The summed E-state index contributed by atoms with van der Waals surface area (Å²) in [6.07, 6.45) is 3.50. The van der Waals surface area contributed by atoms with Gasteiger partial charge in [0, 0.05) is 35.8 Å². The van der Waals surface area contributed by atoms with Crippen molar-refractivity contribution in [2.75, 3.05) is 0 Å². The highest BCUT2D eigenvalue weighted by Crippen LogP contribution is 2.27. The number of hydrogen-bond acceptors (Lipinski definition) is 6. The van der Waals surface area contributed by atoms with Gasteiger partial charge in [-0.15, -0.1) is 10.2 Å². The Hall–Kier alpha value is -3.52. The third-order valence-corrected chi connectivity index (χ3v) is 5.37. The maximum atomic E-state index is 10.8. The predicted octanol–water partition coefficient (Wildman–Crippen LogP) is 4.59. The number of nitrogens with zero attached hydrogens (tertiary/aromatic N) is 5. The molecule has 2 aromatic heterocycles. The molecule has 0 N–H and O–H groups in total. The lowest BCUT2D eigenvalue weighted by molar-refractivity contribution is -0.384. The minimum atomic E-state index is -0.395. The largest absolute Gasteiger partial charge is 0.297 e. The van der Waals surface area contributed by atoms with Crippen molar-refractivity contribution in [3.8, 4) is 11.4 Å². The van der Waals surface area contributed by atoms with Crippen LogP contribution in [-0.4, -0.2) is 24.7 Å². The van der Waals surface area contributed by atoms with Gasteiger partial charge in [-0.2, -0.15) is 0 Å².